The van der Waals surface area contributed by atoms with Crippen molar-refractivity contribution >= 4 is 17.7 Å². The molecule has 0 saturated carbocycles. The molecule has 0 atom stereocenters. The first kappa shape index (κ1) is 18.3. The maximum atomic E-state index is 12.6. The normalized spacial score (nSPS) is 11.5. The number of nitrogens with one attached hydrogen (secondary N) is 1. The molecule has 0 aliphatic rings. The SMILES string of the molecule is Cn1c(SCC(=O)NCCCc2ccccc2)nnc1C(F)(F)F. The number of halogens is 3. The summed E-state index contributed by atoms with van der Waals surface area (Å²) in [5, 5.41) is 9.37. The summed E-state index contributed by atoms with van der Waals surface area (Å²) in [5.74, 6) is -1.33. The van der Waals surface area contributed by atoms with Gasteiger partial charge in [-0.25, -0.2) is 0 Å². The van der Waals surface area contributed by atoms with E-state index in [4.69, 9.17) is 0 Å². The molecular formula is C15H17F3N4OS. The molecule has 5 nitrogen and oxygen atoms in total. The molecule has 24 heavy (non-hydrogen) atoms. The van der Waals surface area contributed by atoms with Gasteiger partial charge < -0.3 is 9.88 Å². The lowest BCUT2D eigenvalue weighted by Gasteiger charge is -2.07. The van der Waals surface area contributed by atoms with Crippen LogP contribution < -0.4 is 5.32 Å². The predicted octanol–water partition coefficient (Wildman–Crippen LogP) is 2.68. The molecule has 1 heterocycles. The Hall–Kier alpha value is -2.03. The van der Waals surface area contributed by atoms with E-state index in [0.29, 0.717) is 6.54 Å². The lowest BCUT2D eigenvalue weighted by molar-refractivity contribution is -0.147. The molecular weight excluding hydrogens is 341 g/mol. The molecule has 0 fully saturated rings. The molecule has 1 aromatic heterocycles. The van der Waals surface area contributed by atoms with Crippen LogP contribution in [-0.2, 0) is 24.4 Å². The summed E-state index contributed by atoms with van der Waals surface area (Å²) in [7, 11) is 1.23. The zero-order valence-corrected chi connectivity index (χ0v) is 13.8. The number of alkyl halides is 3. The van der Waals surface area contributed by atoms with E-state index in [1.807, 2.05) is 30.3 Å². The average molecular weight is 358 g/mol. The maximum Gasteiger partial charge on any atom is 0.451 e. The van der Waals surface area contributed by atoms with Crippen molar-refractivity contribution in [3.05, 3.63) is 41.7 Å². The summed E-state index contributed by atoms with van der Waals surface area (Å²) in [6.07, 6.45) is -2.91. The Balaban J connectivity index is 1.71. The molecule has 0 bridgehead atoms. The van der Waals surface area contributed by atoms with Crippen LogP contribution in [0.2, 0.25) is 0 Å². The minimum Gasteiger partial charge on any atom is -0.355 e. The molecule has 0 aliphatic heterocycles. The van der Waals surface area contributed by atoms with Gasteiger partial charge in [0, 0.05) is 13.6 Å². The van der Waals surface area contributed by atoms with Gasteiger partial charge in [-0.1, -0.05) is 42.1 Å². The molecule has 0 saturated heterocycles. The Kier molecular flexibility index (Phi) is 6.24. The van der Waals surface area contributed by atoms with Crippen molar-refractivity contribution in [1.29, 1.82) is 0 Å². The molecule has 0 spiro atoms. The summed E-state index contributed by atoms with van der Waals surface area (Å²) >= 11 is 0.924. The number of hydrogen-bond donors (Lipinski definition) is 1. The van der Waals surface area contributed by atoms with E-state index in [9.17, 15) is 18.0 Å². The van der Waals surface area contributed by atoms with Gasteiger partial charge in [-0.15, -0.1) is 10.2 Å². The third kappa shape index (κ3) is 5.26. The summed E-state index contributed by atoms with van der Waals surface area (Å²) in [4.78, 5) is 11.7. The van der Waals surface area contributed by atoms with Crippen molar-refractivity contribution in [2.45, 2.75) is 24.2 Å². The van der Waals surface area contributed by atoms with E-state index in [2.05, 4.69) is 15.5 Å². The van der Waals surface area contributed by atoms with Crippen LogP contribution in [-0.4, -0.2) is 33.0 Å². The second-order valence-electron chi connectivity index (χ2n) is 5.09. The first-order chi connectivity index (χ1) is 11.4. The first-order valence-corrected chi connectivity index (χ1v) is 8.26. The van der Waals surface area contributed by atoms with Gasteiger partial charge in [0.15, 0.2) is 5.16 Å². The van der Waals surface area contributed by atoms with E-state index in [1.54, 1.807) is 0 Å². The average Bonchev–Trinajstić information content (AvgIpc) is 2.91. The number of benzene rings is 1. The Morgan fingerprint density at radius 2 is 1.96 bits per heavy atom. The number of amides is 1. The van der Waals surface area contributed by atoms with Crippen molar-refractivity contribution in [1.82, 2.24) is 20.1 Å². The van der Waals surface area contributed by atoms with E-state index >= 15 is 0 Å². The van der Waals surface area contributed by atoms with Crippen LogP contribution in [0.1, 0.15) is 17.8 Å². The lowest BCUT2D eigenvalue weighted by atomic mass is 10.1. The molecule has 130 valence electrons. The number of rotatable bonds is 7. The van der Waals surface area contributed by atoms with Crippen molar-refractivity contribution in [3.8, 4) is 0 Å². The fourth-order valence-electron chi connectivity index (χ4n) is 2.03. The van der Waals surface area contributed by atoms with Crippen molar-refractivity contribution in [2.24, 2.45) is 7.05 Å². The van der Waals surface area contributed by atoms with Gasteiger partial charge in [0.25, 0.3) is 0 Å². The molecule has 0 aliphatic carbocycles. The van der Waals surface area contributed by atoms with Gasteiger partial charge in [0.1, 0.15) is 0 Å². The van der Waals surface area contributed by atoms with Gasteiger partial charge >= 0.3 is 6.18 Å². The van der Waals surface area contributed by atoms with Crippen molar-refractivity contribution < 1.29 is 18.0 Å². The summed E-state index contributed by atoms with van der Waals surface area (Å²) < 4.78 is 38.6. The third-order valence-corrected chi connectivity index (χ3v) is 4.25. The van der Waals surface area contributed by atoms with Gasteiger partial charge in [-0.2, -0.15) is 13.2 Å². The van der Waals surface area contributed by atoms with E-state index in [1.165, 1.54) is 12.6 Å². The quantitative estimate of drug-likeness (QED) is 0.611. The lowest BCUT2D eigenvalue weighted by Crippen LogP contribution is -2.26. The van der Waals surface area contributed by atoms with Crippen molar-refractivity contribution in [2.75, 3.05) is 12.3 Å². The highest BCUT2D eigenvalue weighted by molar-refractivity contribution is 7.99. The summed E-state index contributed by atoms with van der Waals surface area (Å²) in [6.45, 7) is 0.515. The number of hydrogen-bond acceptors (Lipinski definition) is 4. The van der Waals surface area contributed by atoms with E-state index in [0.717, 1.165) is 29.2 Å². The number of aromatic nitrogens is 3. The predicted molar refractivity (Wildman–Crippen MR) is 84.5 cm³/mol. The van der Waals surface area contributed by atoms with Crippen LogP contribution in [0.25, 0.3) is 0 Å². The highest BCUT2D eigenvalue weighted by atomic mass is 32.2. The zero-order valence-electron chi connectivity index (χ0n) is 13.0. The smallest absolute Gasteiger partial charge is 0.355 e. The maximum absolute atomic E-state index is 12.6. The number of nitrogens with zero attached hydrogens (tertiary/aromatic N) is 3. The summed E-state index contributed by atoms with van der Waals surface area (Å²) in [5.41, 5.74) is 1.19. The number of thioether (sulfide) groups is 1. The topological polar surface area (TPSA) is 59.8 Å². The fraction of sp³-hybridized carbons (Fsp3) is 0.400. The highest BCUT2D eigenvalue weighted by Gasteiger charge is 2.37. The number of carbonyl (C=O) groups is 1. The molecule has 1 aromatic carbocycles. The second-order valence-corrected chi connectivity index (χ2v) is 6.03. The molecule has 1 amide bonds. The Morgan fingerprint density at radius 1 is 1.25 bits per heavy atom. The molecule has 2 aromatic rings. The van der Waals surface area contributed by atoms with Crippen molar-refractivity contribution in [3.63, 3.8) is 0 Å². The molecule has 9 heteroatoms. The zero-order chi connectivity index (χ0) is 17.6. The van der Waals surface area contributed by atoms with Gasteiger partial charge in [-0.05, 0) is 18.4 Å². The molecule has 0 unspecified atom stereocenters. The minimum absolute atomic E-state index is 0.00479. The summed E-state index contributed by atoms with van der Waals surface area (Å²) in [6, 6.07) is 9.90. The molecule has 1 N–H and O–H groups in total. The Labute approximate surface area is 141 Å². The van der Waals surface area contributed by atoms with Crippen LogP contribution >= 0.6 is 11.8 Å². The monoisotopic (exact) mass is 358 g/mol. The van der Waals surface area contributed by atoms with E-state index in [-0.39, 0.29) is 16.8 Å². The fourth-order valence-corrected chi connectivity index (χ4v) is 2.77. The minimum atomic E-state index is -4.56. The van der Waals surface area contributed by atoms with Crippen LogP contribution in [0.3, 0.4) is 0 Å². The van der Waals surface area contributed by atoms with Crippen LogP contribution in [0.15, 0.2) is 35.5 Å². The third-order valence-electron chi connectivity index (χ3n) is 3.23. The van der Waals surface area contributed by atoms with Crippen LogP contribution in [0.4, 0.5) is 13.2 Å². The first-order valence-electron chi connectivity index (χ1n) is 7.28. The van der Waals surface area contributed by atoms with Crippen LogP contribution in [0, 0.1) is 0 Å². The largest absolute Gasteiger partial charge is 0.451 e. The standard InChI is InChI=1S/C15H17F3N4OS/c1-22-13(15(16,17)18)20-21-14(22)24-10-12(23)19-9-5-8-11-6-3-2-4-7-11/h2-4,6-7H,5,8-10H2,1H3,(H,19,23). The number of aryl methyl sites for hydroxylation is 1. The van der Waals surface area contributed by atoms with Gasteiger partial charge in [0.2, 0.25) is 11.7 Å². The molecule has 2 rings (SSSR count). The van der Waals surface area contributed by atoms with Gasteiger partial charge in [-0.3, -0.25) is 4.79 Å². The van der Waals surface area contributed by atoms with Gasteiger partial charge in [0.05, 0.1) is 5.75 Å². The molecule has 0 radical (unpaired) electrons. The van der Waals surface area contributed by atoms with Crippen LogP contribution in [0.5, 0.6) is 0 Å². The number of carbonyl (C=O) groups excluding carboxylic acids is 1. The van der Waals surface area contributed by atoms with E-state index < -0.39 is 12.0 Å². The highest BCUT2D eigenvalue weighted by Crippen LogP contribution is 2.29. The Morgan fingerprint density at radius 3 is 2.58 bits per heavy atom. The second kappa shape index (κ2) is 8.18. The Bertz CT molecular complexity index is 673.